The number of nitrogens with zero attached hydrogens (tertiary/aromatic N) is 1. The molecule has 0 rings (SSSR count). The van der Waals surface area contributed by atoms with E-state index in [1.807, 2.05) is 20.8 Å². The van der Waals surface area contributed by atoms with Crippen molar-refractivity contribution in [3.8, 4) is 0 Å². The second-order valence-corrected chi connectivity index (χ2v) is 5.86. The highest BCUT2D eigenvalue weighted by molar-refractivity contribution is 7.89. The molecule has 0 heterocycles. The summed E-state index contributed by atoms with van der Waals surface area (Å²) in [5.74, 6) is 0.293. The molecule has 0 aromatic rings. The van der Waals surface area contributed by atoms with E-state index in [0.717, 1.165) is 6.42 Å². The second-order valence-electron chi connectivity index (χ2n) is 3.74. The Morgan fingerprint density at radius 3 is 2.21 bits per heavy atom. The summed E-state index contributed by atoms with van der Waals surface area (Å²) in [4.78, 5) is 0. The van der Waals surface area contributed by atoms with Crippen LogP contribution in [0.3, 0.4) is 0 Å². The van der Waals surface area contributed by atoms with E-state index in [1.54, 1.807) is 7.05 Å². The second kappa shape index (κ2) is 5.68. The molecule has 2 atom stereocenters. The Bertz CT molecular complexity index is 252. The number of hydrogen-bond acceptors (Lipinski definition) is 3. The van der Waals surface area contributed by atoms with Crippen molar-refractivity contribution in [3.05, 3.63) is 0 Å². The maximum Gasteiger partial charge on any atom is 0.215 e. The summed E-state index contributed by atoms with van der Waals surface area (Å²) in [6, 6.07) is -0.265. The van der Waals surface area contributed by atoms with Crippen molar-refractivity contribution >= 4 is 10.0 Å². The van der Waals surface area contributed by atoms with E-state index < -0.39 is 10.0 Å². The number of hydrogen-bond donors (Lipinski definition) is 1. The molecular weight excluding hydrogens is 200 g/mol. The van der Waals surface area contributed by atoms with E-state index in [2.05, 4.69) is 0 Å². The lowest BCUT2D eigenvalue weighted by Gasteiger charge is -2.21. The summed E-state index contributed by atoms with van der Waals surface area (Å²) < 4.78 is 24.6. The average molecular weight is 222 g/mol. The zero-order chi connectivity index (χ0) is 11.4. The van der Waals surface area contributed by atoms with Gasteiger partial charge < -0.3 is 5.73 Å². The Morgan fingerprint density at radius 1 is 1.36 bits per heavy atom. The summed E-state index contributed by atoms with van der Waals surface area (Å²) >= 11 is 0. The van der Waals surface area contributed by atoms with Gasteiger partial charge in [0.15, 0.2) is 0 Å². The summed E-state index contributed by atoms with van der Waals surface area (Å²) in [6.07, 6.45) is 0.909. The molecule has 0 saturated carbocycles. The molecule has 0 aliphatic carbocycles. The maximum atomic E-state index is 11.6. The fourth-order valence-electron chi connectivity index (χ4n) is 1.03. The molecule has 0 aromatic heterocycles. The van der Waals surface area contributed by atoms with Crippen molar-refractivity contribution in [3.63, 3.8) is 0 Å². The van der Waals surface area contributed by atoms with Crippen molar-refractivity contribution < 1.29 is 8.42 Å². The SMILES string of the molecule is CCC(C)C(N)CS(=O)(=O)N(C)CC. The molecule has 0 spiro atoms. The van der Waals surface area contributed by atoms with Gasteiger partial charge in [-0.15, -0.1) is 0 Å². The van der Waals surface area contributed by atoms with Gasteiger partial charge >= 0.3 is 0 Å². The van der Waals surface area contributed by atoms with Gasteiger partial charge in [0.25, 0.3) is 0 Å². The first-order valence-electron chi connectivity index (χ1n) is 5.04. The molecule has 0 aliphatic rings. The highest BCUT2D eigenvalue weighted by atomic mass is 32.2. The fourth-order valence-corrected chi connectivity index (χ4v) is 2.50. The van der Waals surface area contributed by atoms with Crippen LogP contribution in [0.15, 0.2) is 0 Å². The van der Waals surface area contributed by atoms with Gasteiger partial charge in [0.1, 0.15) is 0 Å². The Morgan fingerprint density at radius 2 is 1.86 bits per heavy atom. The number of nitrogens with two attached hydrogens (primary N) is 1. The molecule has 0 bridgehead atoms. The van der Waals surface area contributed by atoms with E-state index in [1.165, 1.54) is 4.31 Å². The van der Waals surface area contributed by atoms with E-state index in [9.17, 15) is 8.42 Å². The molecule has 2 N–H and O–H groups in total. The van der Waals surface area contributed by atoms with Crippen LogP contribution in [0.1, 0.15) is 27.2 Å². The average Bonchev–Trinajstić information content (AvgIpc) is 2.14. The highest BCUT2D eigenvalue weighted by Crippen LogP contribution is 2.09. The van der Waals surface area contributed by atoms with Crippen molar-refractivity contribution in [2.75, 3.05) is 19.3 Å². The minimum atomic E-state index is -3.16. The van der Waals surface area contributed by atoms with Gasteiger partial charge in [0.05, 0.1) is 5.75 Å². The van der Waals surface area contributed by atoms with Gasteiger partial charge in [0.2, 0.25) is 10.0 Å². The fraction of sp³-hybridized carbons (Fsp3) is 1.00. The van der Waals surface area contributed by atoms with Crippen molar-refractivity contribution in [1.29, 1.82) is 0 Å². The van der Waals surface area contributed by atoms with Crippen molar-refractivity contribution in [1.82, 2.24) is 4.31 Å². The van der Waals surface area contributed by atoms with Crippen LogP contribution in [0.2, 0.25) is 0 Å². The molecule has 0 saturated heterocycles. The van der Waals surface area contributed by atoms with Crippen LogP contribution < -0.4 is 5.73 Å². The van der Waals surface area contributed by atoms with E-state index in [4.69, 9.17) is 5.73 Å². The predicted octanol–water partition coefficient (Wildman–Crippen LogP) is 0.641. The monoisotopic (exact) mass is 222 g/mol. The Kier molecular flexibility index (Phi) is 5.63. The third-order valence-electron chi connectivity index (χ3n) is 2.70. The summed E-state index contributed by atoms with van der Waals surface area (Å²) in [5, 5.41) is 0. The summed E-state index contributed by atoms with van der Waals surface area (Å²) in [6.45, 7) is 6.30. The van der Waals surface area contributed by atoms with E-state index >= 15 is 0 Å². The van der Waals surface area contributed by atoms with Crippen LogP contribution in [-0.4, -0.2) is 38.1 Å². The minimum absolute atomic E-state index is 0.0480. The Balaban J connectivity index is 4.37. The van der Waals surface area contributed by atoms with Gasteiger partial charge in [-0.2, -0.15) is 0 Å². The summed E-state index contributed by atoms with van der Waals surface area (Å²) in [5.41, 5.74) is 5.80. The zero-order valence-electron chi connectivity index (χ0n) is 9.53. The van der Waals surface area contributed by atoms with E-state index in [-0.39, 0.29) is 17.7 Å². The number of sulfonamides is 1. The summed E-state index contributed by atoms with van der Waals surface area (Å²) in [7, 11) is -1.57. The molecule has 4 nitrogen and oxygen atoms in total. The zero-order valence-corrected chi connectivity index (χ0v) is 10.3. The molecule has 0 radical (unpaired) electrons. The number of rotatable bonds is 6. The van der Waals surface area contributed by atoms with Gasteiger partial charge in [0, 0.05) is 19.6 Å². The third-order valence-corrected chi connectivity index (χ3v) is 4.71. The van der Waals surface area contributed by atoms with Crippen LogP contribution >= 0.6 is 0 Å². The highest BCUT2D eigenvalue weighted by Gasteiger charge is 2.22. The molecule has 0 aromatic carbocycles. The van der Waals surface area contributed by atoms with Crippen LogP contribution in [0.25, 0.3) is 0 Å². The van der Waals surface area contributed by atoms with Gasteiger partial charge in [-0.1, -0.05) is 27.2 Å². The van der Waals surface area contributed by atoms with Gasteiger partial charge in [-0.25, -0.2) is 12.7 Å². The van der Waals surface area contributed by atoms with E-state index in [0.29, 0.717) is 6.54 Å². The molecule has 5 heteroatoms. The lowest BCUT2D eigenvalue weighted by molar-refractivity contribution is 0.442. The largest absolute Gasteiger partial charge is 0.326 e. The van der Waals surface area contributed by atoms with Gasteiger partial charge in [-0.05, 0) is 5.92 Å². The normalized spacial score (nSPS) is 17.0. The van der Waals surface area contributed by atoms with Crippen LogP contribution in [0.4, 0.5) is 0 Å². The molecule has 2 unspecified atom stereocenters. The first kappa shape index (κ1) is 13.9. The van der Waals surface area contributed by atoms with Crippen LogP contribution in [0, 0.1) is 5.92 Å². The molecule has 0 aliphatic heterocycles. The first-order valence-corrected chi connectivity index (χ1v) is 6.65. The van der Waals surface area contributed by atoms with Gasteiger partial charge in [-0.3, -0.25) is 0 Å². The molecule has 86 valence electrons. The van der Waals surface area contributed by atoms with Crippen LogP contribution in [-0.2, 0) is 10.0 Å². The Hall–Kier alpha value is -0.130. The van der Waals surface area contributed by atoms with Crippen LogP contribution in [0.5, 0.6) is 0 Å². The molecular formula is C9H22N2O2S. The maximum absolute atomic E-state index is 11.6. The lowest BCUT2D eigenvalue weighted by atomic mass is 10.0. The minimum Gasteiger partial charge on any atom is -0.326 e. The third kappa shape index (κ3) is 3.94. The van der Waals surface area contributed by atoms with Crippen molar-refractivity contribution in [2.45, 2.75) is 33.2 Å². The predicted molar refractivity (Wildman–Crippen MR) is 59.5 cm³/mol. The molecule has 0 fully saturated rings. The molecule has 14 heavy (non-hydrogen) atoms. The first-order chi connectivity index (χ1) is 6.35. The lowest BCUT2D eigenvalue weighted by Crippen LogP contribution is -2.40. The van der Waals surface area contributed by atoms with Crippen molar-refractivity contribution in [2.24, 2.45) is 11.7 Å². The topological polar surface area (TPSA) is 63.4 Å². The smallest absolute Gasteiger partial charge is 0.215 e. The Labute approximate surface area is 87.5 Å². The molecule has 0 amide bonds. The standard InChI is InChI=1S/C9H22N2O2S/c1-5-8(3)9(10)7-14(12,13)11(4)6-2/h8-9H,5-7,10H2,1-4H3. The quantitative estimate of drug-likeness (QED) is 0.717.